The number of methoxy groups -OCH3 is 1. The average Bonchev–Trinajstić information content (AvgIpc) is 3.28. The van der Waals surface area contributed by atoms with E-state index in [2.05, 4.69) is 25.2 Å². The van der Waals surface area contributed by atoms with E-state index in [1.54, 1.807) is 7.11 Å². The van der Waals surface area contributed by atoms with Crippen LogP contribution in [0.15, 0.2) is 18.2 Å². The van der Waals surface area contributed by atoms with Crippen molar-refractivity contribution in [2.75, 3.05) is 27.1 Å². The molecule has 0 radical (unpaired) electrons. The molecule has 1 aliphatic carbocycles. The Bertz CT molecular complexity index is 430. The highest BCUT2D eigenvalue weighted by molar-refractivity contribution is 5.46. The van der Waals surface area contributed by atoms with Crippen LogP contribution in [-0.2, 0) is 11.3 Å². The molecule has 1 N–H and O–H groups in total. The van der Waals surface area contributed by atoms with Crippen LogP contribution in [0.1, 0.15) is 32.3 Å². The normalized spacial score (nSPS) is 14.5. The van der Waals surface area contributed by atoms with Gasteiger partial charge in [-0.25, -0.2) is 0 Å². The summed E-state index contributed by atoms with van der Waals surface area (Å²) in [6.07, 6.45) is 2.58. The quantitative estimate of drug-likeness (QED) is 0.531. The van der Waals surface area contributed by atoms with Crippen LogP contribution >= 0.6 is 0 Å². The molecule has 1 aliphatic rings. The standard InChI is InChI=1S/C17H27NO3/c1-13(2)9-18-10-15-5-4-6-16(19-3)17(15)21-12-20-11-14-7-8-14/h4-6,13-14,18H,7-12H2,1-3H3. The number of para-hydroxylation sites is 1. The summed E-state index contributed by atoms with van der Waals surface area (Å²) in [5.74, 6) is 2.92. The van der Waals surface area contributed by atoms with Crippen LogP contribution in [0, 0.1) is 11.8 Å². The molecule has 1 aromatic carbocycles. The molecule has 0 bridgehead atoms. The van der Waals surface area contributed by atoms with E-state index in [1.807, 2.05) is 12.1 Å². The molecule has 0 amide bonds. The maximum Gasteiger partial charge on any atom is 0.189 e. The Morgan fingerprint density at radius 3 is 2.76 bits per heavy atom. The van der Waals surface area contributed by atoms with Crippen molar-refractivity contribution in [3.05, 3.63) is 23.8 Å². The van der Waals surface area contributed by atoms with Gasteiger partial charge in [0.1, 0.15) is 0 Å². The molecule has 1 fully saturated rings. The third kappa shape index (κ3) is 5.56. The summed E-state index contributed by atoms with van der Waals surface area (Å²) >= 11 is 0. The summed E-state index contributed by atoms with van der Waals surface area (Å²) in [4.78, 5) is 0. The molecule has 4 heteroatoms. The van der Waals surface area contributed by atoms with Crippen molar-refractivity contribution in [1.82, 2.24) is 5.32 Å². The Morgan fingerprint density at radius 2 is 2.10 bits per heavy atom. The number of benzene rings is 1. The molecule has 21 heavy (non-hydrogen) atoms. The van der Waals surface area contributed by atoms with E-state index in [-0.39, 0.29) is 6.79 Å². The van der Waals surface area contributed by atoms with Crippen molar-refractivity contribution < 1.29 is 14.2 Å². The molecule has 1 saturated carbocycles. The lowest BCUT2D eigenvalue weighted by atomic mass is 10.1. The van der Waals surface area contributed by atoms with Crippen LogP contribution in [-0.4, -0.2) is 27.1 Å². The Hall–Kier alpha value is -1.26. The SMILES string of the molecule is COc1cccc(CNCC(C)C)c1OCOCC1CC1. The average molecular weight is 293 g/mol. The first-order valence-corrected chi connectivity index (χ1v) is 7.77. The summed E-state index contributed by atoms with van der Waals surface area (Å²) in [6, 6.07) is 5.97. The van der Waals surface area contributed by atoms with Crippen LogP contribution in [0.3, 0.4) is 0 Å². The van der Waals surface area contributed by atoms with Gasteiger partial charge >= 0.3 is 0 Å². The minimum absolute atomic E-state index is 0.286. The Kier molecular flexibility index (Phi) is 6.33. The molecule has 0 aromatic heterocycles. The Labute approximate surface area is 127 Å². The summed E-state index contributed by atoms with van der Waals surface area (Å²) < 4.78 is 16.8. The monoisotopic (exact) mass is 293 g/mol. The van der Waals surface area contributed by atoms with E-state index >= 15 is 0 Å². The van der Waals surface area contributed by atoms with Crippen LogP contribution in [0.5, 0.6) is 11.5 Å². The van der Waals surface area contributed by atoms with Crippen molar-refractivity contribution in [2.24, 2.45) is 11.8 Å². The second-order valence-electron chi connectivity index (χ2n) is 6.05. The van der Waals surface area contributed by atoms with E-state index in [0.29, 0.717) is 5.92 Å². The smallest absolute Gasteiger partial charge is 0.189 e. The molecule has 4 nitrogen and oxygen atoms in total. The lowest BCUT2D eigenvalue weighted by molar-refractivity contribution is 0.00807. The highest BCUT2D eigenvalue weighted by atomic mass is 16.7. The second-order valence-corrected chi connectivity index (χ2v) is 6.05. The number of rotatable bonds is 10. The van der Waals surface area contributed by atoms with Crippen molar-refractivity contribution in [1.29, 1.82) is 0 Å². The number of hydrogen-bond donors (Lipinski definition) is 1. The van der Waals surface area contributed by atoms with Crippen molar-refractivity contribution in [3.63, 3.8) is 0 Å². The first-order valence-electron chi connectivity index (χ1n) is 7.77. The molecular weight excluding hydrogens is 266 g/mol. The largest absolute Gasteiger partial charge is 0.493 e. The van der Waals surface area contributed by atoms with E-state index in [9.17, 15) is 0 Å². The molecule has 0 saturated heterocycles. The first-order chi connectivity index (χ1) is 10.2. The number of hydrogen-bond acceptors (Lipinski definition) is 4. The lowest BCUT2D eigenvalue weighted by Crippen LogP contribution is -2.19. The fraction of sp³-hybridized carbons (Fsp3) is 0.647. The zero-order valence-electron chi connectivity index (χ0n) is 13.4. The Morgan fingerprint density at radius 1 is 1.29 bits per heavy atom. The summed E-state index contributed by atoms with van der Waals surface area (Å²) in [6.45, 7) is 7.23. The van der Waals surface area contributed by atoms with Gasteiger partial charge in [-0.1, -0.05) is 26.0 Å². The zero-order valence-corrected chi connectivity index (χ0v) is 13.4. The van der Waals surface area contributed by atoms with Gasteiger partial charge in [-0.05, 0) is 37.3 Å². The molecule has 0 atom stereocenters. The van der Waals surface area contributed by atoms with E-state index in [1.165, 1.54) is 12.8 Å². The van der Waals surface area contributed by atoms with Gasteiger partial charge in [-0.3, -0.25) is 0 Å². The molecule has 1 aromatic rings. The van der Waals surface area contributed by atoms with Gasteiger partial charge in [-0.15, -0.1) is 0 Å². The molecule has 0 unspecified atom stereocenters. The summed E-state index contributed by atoms with van der Waals surface area (Å²) in [7, 11) is 1.67. The maximum atomic E-state index is 5.81. The predicted molar refractivity (Wildman–Crippen MR) is 83.7 cm³/mol. The zero-order chi connectivity index (χ0) is 15.1. The van der Waals surface area contributed by atoms with Crippen LogP contribution in [0.4, 0.5) is 0 Å². The summed E-state index contributed by atoms with van der Waals surface area (Å²) in [5.41, 5.74) is 1.10. The highest BCUT2D eigenvalue weighted by Crippen LogP contribution is 2.32. The summed E-state index contributed by atoms with van der Waals surface area (Å²) in [5, 5.41) is 3.44. The predicted octanol–water partition coefficient (Wildman–Crippen LogP) is 3.20. The molecule has 118 valence electrons. The molecular formula is C17H27NO3. The van der Waals surface area contributed by atoms with Crippen LogP contribution < -0.4 is 14.8 Å². The molecule has 2 rings (SSSR count). The van der Waals surface area contributed by atoms with Gasteiger partial charge in [0.25, 0.3) is 0 Å². The third-order valence-corrected chi connectivity index (χ3v) is 3.49. The fourth-order valence-electron chi connectivity index (χ4n) is 2.12. The highest BCUT2D eigenvalue weighted by Gasteiger charge is 2.21. The minimum Gasteiger partial charge on any atom is -0.493 e. The molecule has 0 heterocycles. The topological polar surface area (TPSA) is 39.7 Å². The van der Waals surface area contributed by atoms with E-state index in [0.717, 1.165) is 42.7 Å². The second kappa shape index (κ2) is 8.25. The maximum absolute atomic E-state index is 5.81. The van der Waals surface area contributed by atoms with Crippen LogP contribution in [0.2, 0.25) is 0 Å². The van der Waals surface area contributed by atoms with E-state index < -0.39 is 0 Å². The molecule has 0 aliphatic heterocycles. The van der Waals surface area contributed by atoms with Gasteiger partial charge in [0.05, 0.1) is 13.7 Å². The van der Waals surface area contributed by atoms with Gasteiger partial charge in [0, 0.05) is 12.1 Å². The molecule has 0 spiro atoms. The minimum atomic E-state index is 0.286. The fourth-order valence-corrected chi connectivity index (χ4v) is 2.12. The van der Waals surface area contributed by atoms with Crippen LogP contribution in [0.25, 0.3) is 0 Å². The van der Waals surface area contributed by atoms with Crippen molar-refractivity contribution in [2.45, 2.75) is 33.2 Å². The third-order valence-electron chi connectivity index (χ3n) is 3.49. The lowest BCUT2D eigenvalue weighted by Gasteiger charge is -2.16. The van der Waals surface area contributed by atoms with E-state index in [4.69, 9.17) is 14.2 Å². The van der Waals surface area contributed by atoms with Gasteiger partial charge in [-0.2, -0.15) is 0 Å². The first kappa shape index (κ1) is 16.1. The van der Waals surface area contributed by atoms with Gasteiger partial charge in [0.2, 0.25) is 0 Å². The number of nitrogens with one attached hydrogen (secondary N) is 1. The van der Waals surface area contributed by atoms with Crippen molar-refractivity contribution >= 4 is 0 Å². The number of ether oxygens (including phenoxy) is 3. The Balaban J connectivity index is 1.90. The van der Waals surface area contributed by atoms with Gasteiger partial charge in [0.15, 0.2) is 18.3 Å². The van der Waals surface area contributed by atoms with Gasteiger partial charge < -0.3 is 19.5 Å². The van der Waals surface area contributed by atoms with Crippen molar-refractivity contribution in [3.8, 4) is 11.5 Å².